The first kappa shape index (κ1) is 30.8. The highest BCUT2D eigenvalue weighted by Crippen LogP contribution is 2.39. The molecule has 2 fully saturated rings. The van der Waals surface area contributed by atoms with Crippen LogP contribution in [0.15, 0.2) is 54.6 Å². The fourth-order valence-corrected chi connectivity index (χ4v) is 8.72. The number of aryl methyl sites for hydroxylation is 1. The molecule has 0 amide bonds. The maximum atomic E-state index is 14.3. The minimum absolute atomic E-state index is 0.115. The van der Waals surface area contributed by atoms with Gasteiger partial charge in [0.05, 0.1) is 10.7 Å². The Bertz CT molecular complexity index is 1300. The van der Waals surface area contributed by atoms with Gasteiger partial charge in [0.1, 0.15) is 11.9 Å². The summed E-state index contributed by atoms with van der Waals surface area (Å²) in [5.41, 5.74) is 3.57. The lowest BCUT2D eigenvalue weighted by molar-refractivity contribution is -0.145. The molecule has 0 saturated carbocycles. The zero-order valence-electron chi connectivity index (χ0n) is 25.3. The number of likely N-dealkylation sites (tertiary alicyclic amines) is 2. The van der Waals surface area contributed by atoms with Crippen LogP contribution >= 0.6 is 11.3 Å². The summed E-state index contributed by atoms with van der Waals surface area (Å²) in [4.78, 5) is 23.7. The molecule has 2 unspecified atom stereocenters. The van der Waals surface area contributed by atoms with Gasteiger partial charge < -0.3 is 10.0 Å². The van der Waals surface area contributed by atoms with Gasteiger partial charge >= 0.3 is 5.97 Å². The van der Waals surface area contributed by atoms with E-state index in [1.807, 2.05) is 17.4 Å². The largest absolute Gasteiger partial charge is 0.480 e. The van der Waals surface area contributed by atoms with Gasteiger partial charge in [-0.3, -0.25) is 9.69 Å². The molecule has 5 rings (SSSR count). The third-order valence-corrected chi connectivity index (χ3v) is 10.9. The molecule has 7 heteroatoms. The lowest BCUT2D eigenvalue weighted by Crippen LogP contribution is -2.45. The summed E-state index contributed by atoms with van der Waals surface area (Å²) in [6.07, 6.45) is 5.79. The highest BCUT2D eigenvalue weighted by Gasteiger charge is 2.42. The van der Waals surface area contributed by atoms with Gasteiger partial charge in [-0.2, -0.15) is 0 Å². The van der Waals surface area contributed by atoms with Crippen LogP contribution in [0.25, 0.3) is 0 Å². The molecular formula is C35H46FN3O2S. The molecule has 0 spiro atoms. The minimum Gasteiger partial charge on any atom is -0.480 e. The molecule has 42 heavy (non-hydrogen) atoms. The monoisotopic (exact) mass is 591 g/mol. The number of aliphatic carboxylic acids is 1. The number of rotatable bonds is 12. The number of hydrogen-bond acceptors (Lipinski definition) is 5. The smallest absolute Gasteiger partial charge is 0.321 e. The van der Waals surface area contributed by atoms with Crippen LogP contribution in [0.4, 0.5) is 4.39 Å². The average molecular weight is 592 g/mol. The van der Waals surface area contributed by atoms with Crippen molar-refractivity contribution < 1.29 is 14.3 Å². The van der Waals surface area contributed by atoms with E-state index in [-0.39, 0.29) is 23.6 Å². The van der Waals surface area contributed by atoms with Gasteiger partial charge in [-0.05, 0) is 73.4 Å². The van der Waals surface area contributed by atoms with Gasteiger partial charge in [-0.1, -0.05) is 76.1 Å². The minimum atomic E-state index is -0.730. The molecule has 2 aromatic carbocycles. The number of halogens is 1. The number of benzene rings is 2. The van der Waals surface area contributed by atoms with Crippen molar-refractivity contribution in [2.45, 2.75) is 77.2 Å². The van der Waals surface area contributed by atoms with Crippen molar-refractivity contribution in [2.24, 2.45) is 11.8 Å². The second kappa shape index (κ2) is 14.2. The molecule has 0 radical (unpaired) electrons. The molecule has 226 valence electrons. The number of nitrogens with zero attached hydrogens (tertiary/aromatic N) is 3. The quantitative estimate of drug-likeness (QED) is 0.241. The van der Waals surface area contributed by atoms with E-state index in [1.54, 1.807) is 12.1 Å². The van der Waals surface area contributed by atoms with Gasteiger partial charge in [0, 0.05) is 36.9 Å². The highest BCUT2D eigenvalue weighted by molar-refractivity contribution is 7.11. The van der Waals surface area contributed by atoms with Gasteiger partial charge in [0.15, 0.2) is 0 Å². The SMILES string of the molecule is CCc1nc(Cc2ccccc2)sc1C1CCN(CC2CN([C@H](C(=O)O)C(CC)CC)CC2c2cccc(F)c2)CC1. The zero-order valence-corrected chi connectivity index (χ0v) is 26.2. The molecular weight excluding hydrogens is 545 g/mol. The molecule has 1 N–H and O–H groups in total. The second-order valence-corrected chi connectivity index (χ2v) is 13.4. The van der Waals surface area contributed by atoms with Crippen LogP contribution in [0, 0.1) is 17.7 Å². The Balaban J connectivity index is 1.27. The molecule has 1 aromatic heterocycles. The van der Waals surface area contributed by atoms with Crippen LogP contribution in [0.2, 0.25) is 0 Å². The van der Waals surface area contributed by atoms with E-state index in [4.69, 9.17) is 4.98 Å². The normalized spacial score (nSPS) is 21.3. The van der Waals surface area contributed by atoms with Gasteiger partial charge in [0.25, 0.3) is 0 Å². The molecule has 0 bridgehead atoms. The zero-order chi connectivity index (χ0) is 29.6. The molecule has 0 aliphatic carbocycles. The predicted molar refractivity (Wildman–Crippen MR) is 169 cm³/mol. The lowest BCUT2D eigenvalue weighted by atomic mass is 9.87. The number of carbonyl (C=O) groups is 1. The fourth-order valence-electron chi connectivity index (χ4n) is 7.36. The van der Waals surface area contributed by atoms with E-state index >= 15 is 0 Å². The number of thiazole rings is 1. The first-order chi connectivity index (χ1) is 20.4. The van der Waals surface area contributed by atoms with Crippen LogP contribution in [-0.4, -0.2) is 64.6 Å². The first-order valence-electron chi connectivity index (χ1n) is 15.9. The Kier molecular flexibility index (Phi) is 10.5. The van der Waals surface area contributed by atoms with Crippen molar-refractivity contribution in [2.75, 3.05) is 32.7 Å². The summed E-state index contributed by atoms with van der Waals surface area (Å²) in [6, 6.07) is 17.1. The Hall–Kier alpha value is -2.61. The van der Waals surface area contributed by atoms with Crippen molar-refractivity contribution in [3.05, 3.63) is 87.1 Å². The van der Waals surface area contributed by atoms with Crippen LogP contribution in [0.3, 0.4) is 0 Å². The van der Waals surface area contributed by atoms with E-state index in [1.165, 1.54) is 27.2 Å². The standard InChI is InChI=1S/C35H46FN3O2S/c1-4-25(5-2)33(35(40)41)39-22-28(30(23-39)27-13-10-14-29(36)20-27)21-38-17-15-26(16-18-38)34-31(6-3)37-32(42-34)19-24-11-8-7-9-12-24/h7-14,20,25-26,28,30,33H,4-6,15-19,21-23H2,1-3H3,(H,40,41)/t28?,30?,33-/m0/s1. The lowest BCUT2D eigenvalue weighted by Gasteiger charge is -2.35. The summed E-state index contributed by atoms with van der Waals surface area (Å²) < 4.78 is 14.3. The maximum Gasteiger partial charge on any atom is 0.321 e. The fraction of sp³-hybridized carbons (Fsp3) is 0.543. The average Bonchev–Trinajstić information content (AvgIpc) is 3.60. The van der Waals surface area contributed by atoms with Gasteiger partial charge in [0.2, 0.25) is 0 Å². The second-order valence-electron chi connectivity index (χ2n) is 12.2. The van der Waals surface area contributed by atoms with Crippen LogP contribution < -0.4 is 0 Å². The molecule has 2 saturated heterocycles. The number of aromatic nitrogens is 1. The molecule has 3 aromatic rings. The summed E-state index contributed by atoms with van der Waals surface area (Å²) in [5.74, 6) is 0.108. The van der Waals surface area contributed by atoms with E-state index in [0.29, 0.717) is 12.5 Å². The molecule has 5 nitrogen and oxygen atoms in total. The Morgan fingerprint density at radius 3 is 2.43 bits per heavy atom. The van der Waals surface area contributed by atoms with Crippen LogP contribution in [0.1, 0.15) is 85.0 Å². The number of piperidine rings is 1. The summed E-state index contributed by atoms with van der Waals surface area (Å²) in [6.45, 7) is 10.8. The van der Waals surface area contributed by atoms with Crippen LogP contribution in [0.5, 0.6) is 0 Å². The van der Waals surface area contributed by atoms with E-state index < -0.39 is 12.0 Å². The highest BCUT2D eigenvalue weighted by atomic mass is 32.1. The van der Waals surface area contributed by atoms with Crippen LogP contribution in [-0.2, 0) is 17.6 Å². The molecule has 2 aliphatic heterocycles. The Morgan fingerprint density at radius 1 is 1.05 bits per heavy atom. The Labute approximate surface area is 254 Å². The van der Waals surface area contributed by atoms with E-state index in [9.17, 15) is 14.3 Å². The van der Waals surface area contributed by atoms with E-state index in [0.717, 1.165) is 70.3 Å². The predicted octanol–water partition coefficient (Wildman–Crippen LogP) is 7.22. The summed E-state index contributed by atoms with van der Waals surface area (Å²) in [7, 11) is 0. The van der Waals surface area contributed by atoms with Crippen molar-refractivity contribution >= 4 is 17.3 Å². The Morgan fingerprint density at radius 2 is 1.79 bits per heavy atom. The van der Waals surface area contributed by atoms with Gasteiger partial charge in [-0.25, -0.2) is 9.37 Å². The van der Waals surface area contributed by atoms with Crippen molar-refractivity contribution in [1.29, 1.82) is 0 Å². The first-order valence-corrected chi connectivity index (χ1v) is 16.7. The third kappa shape index (κ3) is 7.12. The summed E-state index contributed by atoms with van der Waals surface area (Å²) >= 11 is 1.90. The van der Waals surface area contributed by atoms with Crippen molar-refractivity contribution in [1.82, 2.24) is 14.8 Å². The van der Waals surface area contributed by atoms with Gasteiger partial charge in [-0.15, -0.1) is 11.3 Å². The van der Waals surface area contributed by atoms with Crippen molar-refractivity contribution in [3.8, 4) is 0 Å². The van der Waals surface area contributed by atoms with E-state index in [2.05, 4.69) is 60.9 Å². The molecule has 3 heterocycles. The topological polar surface area (TPSA) is 56.7 Å². The molecule has 2 aliphatic rings. The number of hydrogen-bond donors (Lipinski definition) is 1. The molecule has 3 atom stereocenters. The van der Waals surface area contributed by atoms with Crippen molar-refractivity contribution in [3.63, 3.8) is 0 Å². The number of carboxylic acids is 1. The summed E-state index contributed by atoms with van der Waals surface area (Å²) in [5, 5.41) is 11.4. The third-order valence-electron chi connectivity index (χ3n) is 9.64. The number of carboxylic acid groups (broad SMARTS) is 1. The maximum absolute atomic E-state index is 14.3.